The van der Waals surface area contributed by atoms with E-state index in [0.717, 1.165) is 29.2 Å². The molecule has 4 rings (SSSR count). The van der Waals surface area contributed by atoms with Gasteiger partial charge in [-0.05, 0) is 86.9 Å². The Morgan fingerprint density at radius 2 is 1.93 bits per heavy atom. The molecule has 0 amide bonds. The monoisotopic (exact) mass is 387 g/mol. The molecule has 3 aliphatic rings. The largest absolute Gasteiger partial charge is 0.497 e. The highest BCUT2D eigenvalue weighted by molar-refractivity contribution is 7.80. The van der Waals surface area contributed by atoms with Crippen LogP contribution in [0, 0.1) is 11.8 Å². The lowest BCUT2D eigenvalue weighted by atomic mass is 9.95. The van der Waals surface area contributed by atoms with Crippen LogP contribution in [0.2, 0.25) is 0 Å². The van der Waals surface area contributed by atoms with Gasteiger partial charge in [-0.2, -0.15) is 0 Å². The predicted octanol–water partition coefficient (Wildman–Crippen LogP) is 3.87. The van der Waals surface area contributed by atoms with E-state index in [4.69, 9.17) is 17.0 Å². The van der Waals surface area contributed by atoms with Gasteiger partial charge in [0.1, 0.15) is 5.75 Å². The van der Waals surface area contributed by atoms with Crippen LogP contribution in [0.4, 0.5) is 0 Å². The van der Waals surface area contributed by atoms with Crippen LogP contribution in [0.1, 0.15) is 56.6 Å². The first-order valence-electron chi connectivity index (χ1n) is 10.7. The maximum Gasteiger partial charge on any atom is 0.166 e. The van der Waals surface area contributed by atoms with Gasteiger partial charge >= 0.3 is 0 Å². The van der Waals surface area contributed by atoms with Crippen LogP contribution in [0.3, 0.4) is 0 Å². The maximum absolute atomic E-state index is 5.65. The molecule has 148 valence electrons. The van der Waals surface area contributed by atoms with E-state index in [9.17, 15) is 0 Å². The van der Waals surface area contributed by atoms with Gasteiger partial charge < -0.3 is 15.4 Å². The van der Waals surface area contributed by atoms with Crippen molar-refractivity contribution in [1.29, 1.82) is 0 Å². The molecule has 2 saturated carbocycles. The number of rotatable bonds is 6. The van der Waals surface area contributed by atoms with Gasteiger partial charge in [-0.3, -0.25) is 4.90 Å². The summed E-state index contributed by atoms with van der Waals surface area (Å²) in [6, 6.07) is 9.49. The molecular formula is C22H33N3OS. The lowest BCUT2D eigenvalue weighted by Crippen LogP contribution is -2.47. The van der Waals surface area contributed by atoms with Crippen molar-refractivity contribution in [2.24, 2.45) is 11.8 Å². The lowest BCUT2D eigenvalue weighted by molar-refractivity contribution is 0.164. The van der Waals surface area contributed by atoms with Crippen LogP contribution in [0.5, 0.6) is 5.75 Å². The van der Waals surface area contributed by atoms with E-state index in [0.29, 0.717) is 12.1 Å². The van der Waals surface area contributed by atoms with Gasteiger partial charge in [0.25, 0.3) is 0 Å². The number of fused-ring (bicyclic) bond motifs is 2. The Bertz CT molecular complexity index is 629. The smallest absolute Gasteiger partial charge is 0.166 e. The SMILES string of the molecule is COc1ccc([C@H](CNC(=S)N[C@H]2C[C@@H]3CC[C@@H]2C3)N2CCCCC2)cc1. The molecule has 1 saturated heterocycles. The molecule has 0 spiro atoms. The van der Waals surface area contributed by atoms with Crippen molar-refractivity contribution in [3.05, 3.63) is 29.8 Å². The lowest BCUT2D eigenvalue weighted by Gasteiger charge is -2.35. The van der Waals surface area contributed by atoms with Crippen LogP contribution in [0.15, 0.2) is 24.3 Å². The van der Waals surface area contributed by atoms with E-state index >= 15 is 0 Å². The third-order valence-corrected chi connectivity index (χ3v) is 7.10. The third-order valence-electron chi connectivity index (χ3n) is 6.84. The molecule has 4 atom stereocenters. The quantitative estimate of drug-likeness (QED) is 0.725. The van der Waals surface area contributed by atoms with Gasteiger partial charge in [-0.15, -0.1) is 0 Å². The number of methoxy groups -OCH3 is 1. The number of piperidine rings is 1. The predicted molar refractivity (Wildman–Crippen MR) is 114 cm³/mol. The van der Waals surface area contributed by atoms with E-state index < -0.39 is 0 Å². The van der Waals surface area contributed by atoms with Crippen molar-refractivity contribution in [3.63, 3.8) is 0 Å². The second-order valence-corrected chi connectivity index (χ2v) is 8.93. The van der Waals surface area contributed by atoms with E-state index in [1.165, 1.54) is 63.6 Å². The van der Waals surface area contributed by atoms with Crippen molar-refractivity contribution in [2.75, 3.05) is 26.7 Å². The normalized spacial score (nSPS) is 28.7. The molecular weight excluding hydrogens is 354 g/mol. The average Bonchev–Trinajstić information content (AvgIpc) is 3.32. The van der Waals surface area contributed by atoms with E-state index in [-0.39, 0.29) is 0 Å². The van der Waals surface area contributed by atoms with Gasteiger partial charge in [0, 0.05) is 12.6 Å². The summed E-state index contributed by atoms with van der Waals surface area (Å²) in [4.78, 5) is 2.61. The number of hydrogen-bond donors (Lipinski definition) is 2. The summed E-state index contributed by atoms with van der Waals surface area (Å²) in [5.74, 6) is 2.70. The molecule has 3 fully saturated rings. The first kappa shape index (κ1) is 19.0. The summed E-state index contributed by atoms with van der Waals surface area (Å²) >= 11 is 5.65. The first-order valence-corrected chi connectivity index (χ1v) is 11.1. The second-order valence-electron chi connectivity index (χ2n) is 8.52. The molecule has 1 aliphatic heterocycles. The topological polar surface area (TPSA) is 36.5 Å². The molecule has 0 unspecified atom stereocenters. The number of benzene rings is 1. The fourth-order valence-electron chi connectivity index (χ4n) is 5.34. The summed E-state index contributed by atoms with van der Waals surface area (Å²) in [5.41, 5.74) is 1.34. The van der Waals surface area contributed by atoms with Gasteiger partial charge in [0.15, 0.2) is 5.11 Å². The molecule has 2 N–H and O–H groups in total. The summed E-state index contributed by atoms with van der Waals surface area (Å²) < 4.78 is 5.33. The zero-order chi connectivity index (χ0) is 18.6. The average molecular weight is 388 g/mol. The number of nitrogens with one attached hydrogen (secondary N) is 2. The number of likely N-dealkylation sites (tertiary alicyclic amines) is 1. The standard InChI is InChI=1S/C22H33N3OS/c1-26-19-9-7-17(8-10-19)21(25-11-3-2-4-12-25)15-23-22(27)24-20-14-16-5-6-18(20)13-16/h7-10,16,18,20-21H,2-6,11-15H2,1H3,(H2,23,24,27)/t16-,18-,20+,21+/m1/s1. The van der Waals surface area contributed by atoms with Gasteiger partial charge in [-0.1, -0.05) is 25.0 Å². The fraction of sp³-hybridized carbons (Fsp3) is 0.682. The minimum Gasteiger partial charge on any atom is -0.497 e. The maximum atomic E-state index is 5.65. The molecule has 4 nitrogen and oxygen atoms in total. The Morgan fingerprint density at radius 1 is 1.15 bits per heavy atom. The molecule has 0 radical (unpaired) electrons. The van der Waals surface area contributed by atoms with Crippen molar-refractivity contribution in [1.82, 2.24) is 15.5 Å². The van der Waals surface area contributed by atoms with Crippen LogP contribution in [-0.4, -0.2) is 42.8 Å². The summed E-state index contributed by atoms with van der Waals surface area (Å²) in [5, 5.41) is 8.00. The second kappa shape index (κ2) is 8.78. The van der Waals surface area contributed by atoms with Crippen molar-refractivity contribution < 1.29 is 4.74 Å². The van der Waals surface area contributed by atoms with Gasteiger partial charge in [-0.25, -0.2) is 0 Å². The zero-order valence-corrected chi connectivity index (χ0v) is 17.3. The number of nitrogens with zero attached hydrogens (tertiary/aromatic N) is 1. The Labute approximate surface area is 169 Å². The molecule has 0 aromatic heterocycles. The zero-order valence-electron chi connectivity index (χ0n) is 16.5. The molecule has 5 heteroatoms. The Morgan fingerprint density at radius 3 is 2.56 bits per heavy atom. The summed E-state index contributed by atoms with van der Waals surface area (Å²) in [6.07, 6.45) is 9.46. The number of thiocarbonyl (C=S) groups is 1. The molecule has 27 heavy (non-hydrogen) atoms. The minimum atomic E-state index is 0.357. The van der Waals surface area contributed by atoms with Crippen molar-refractivity contribution >= 4 is 17.3 Å². The van der Waals surface area contributed by atoms with Gasteiger partial charge in [0.05, 0.1) is 13.2 Å². The highest BCUT2D eigenvalue weighted by atomic mass is 32.1. The van der Waals surface area contributed by atoms with E-state index in [2.05, 4.69) is 39.8 Å². The minimum absolute atomic E-state index is 0.357. The summed E-state index contributed by atoms with van der Waals surface area (Å²) in [6.45, 7) is 3.20. The fourth-order valence-corrected chi connectivity index (χ4v) is 5.58. The molecule has 2 aliphatic carbocycles. The molecule has 2 bridgehead atoms. The number of ether oxygens (including phenoxy) is 1. The highest BCUT2D eigenvalue weighted by Gasteiger charge is 2.39. The molecule has 1 aromatic rings. The van der Waals surface area contributed by atoms with Crippen molar-refractivity contribution in [3.8, 4) is 5.75 Å². The molecule has 1 heterocycles. The Kier molecular flexibility index (Phi) is 6.18. The van der Waals surface area contributed by atoms with E-state index in [1.807, 2.05) is 0 Å². The van der Waals surface area contributed by atoms with Gasteiger partial charge in [0.2, 0.25) is 0 Å². The van der Waals surface area contributed by atoms with Crippen LogP contribution < -0.4 is 15.4 Å². The van der Waals surface area contributed by atoms with Crippen LogP contribution >= 0.6 is 12.2 Å². The summed E-state index contributed by atoms with van der Waals surface area (Å²) in [7, 11) is 1.72. The third kappa shape index (κ3) is 4.57. The Hall–Kier alpha value is -1.33. The first-order chi connectivity index (χ1) is 13.2. The van der Waals surface area contributed by atoms with Crippen molar-refractivity contribution in [2.45, 2.75) is 57.0 Å². The van der Waals surface area contributed by atoms with Crippen LogP contribution in [-0.2, 0) is 0 Å². The highest BCUT2D eigenvalue weighted by Crippen LogP contribution is 2.44. The van der Waals surface area contributed by atoms with E-state index in [1.54, 1.807) is 7.11 Å². The number of hydrogen-bond acceptors (Lipinski definition) is 3. The molecule has 1 aromatic carbocycles. The Balaban J connectivity index is 1.36. The van der Waals surface area contributed by atoms with Crippen LogP contribution in [0.25, 0.3) is 0 Å².